The van der Waals surface area contributed by atoms with E-state index < -0.39 is 0 Å². The molecule has 0 bridgehead atoms. The molecule has 1 atom stereocenters. The molecule has 1 aliphatic carbocycles. The van der Waals surface area contributed by atoms with Crippen LogP contribution in [0.4, 0.5) is 0 Å². The molecule has 1 unspecified atom stereocenters. The summed E-state index contributed by atoms with van der Waals surface area (Å²) in [7, 11) is 1.62. The van der Waals surface area contributed by atoms with Gasteiger partial charge in [0.05, 0.1) is 13.2 Å². The predicted octanol–water partition coefficient (Wildman–Crippen LogP) is 1.95. The molecule has 1 aromatic carbocycles. The molecule has 0 aromatic heterocycles. The van der Waals surface area contributed by atoms with Gasteiger partial charge in [0, 0.05) is 13.5 Å². The van der Waals surface area contributed by atoms with Crippen molar-refractivity contribution in [1.29, 1.82) is 0 Å². The van der Waals surface area contributed by atoms with E-state index in [1.54, 1.807) is 7.11 Å². The molecule has 0 aliphatic heterocycles. The third-order valence-corrected chi connectivity index (χ3v) is 3.13. The average Bonchev–Trinajstić information content (AvgIpc) is 2.32. The van der Waals surface area contributed by atoms with Crippen molar-refractivity contribution in [1.82, 2.24) is 0 Å². The van der Waals surface area contributed by atoms with Crippen LogP contribution in [0.1, 0.15) is 23.5 Å². The third-order valence-electron chi connectivity index (χ3n) is 3.13. The Bertz CT molecular complexity index is 387. The molecule has 0 saturated heterocycles. The maximum atomic E-state index is 11.7. The van der Waals surface area contributed by atoms with Gasteiger partial charge < -0.3 is 9.47 Å². The van der Waals surface area contributed by atoms with Crippen molar-refractivity contribution in [3.63, 3.8) is 0 Å². The van der Waals surface area contributed by atoms with Gasteiger partial charge in [0.15, 0.2) is 5.78 Å². The zero-order valence-corrected chi connectivity index (χ0v) is 10.1. The Balaban J connectivity index is 1.71. The van der Waals surface area contributed by atoms with Gasteiger partial charge in [-0.3, -0.25) is 4.79 Å². The van der Waals surface area contributed by atoms with Crippen LogP contribution >= 0.6 is 0 Å². The van der Waals surface area contributed by atoms with Gasteiger partial charge in [-0.1, -0.05) is 24.3 Å². The van der Waals surface area contributed by atoms with Gasteiger partial charge >= 0.3 is 0 Å². The molecule has 92 valence electrons. The van der Waals surface area contributed by atoms with Crippen LogP contribution in [0.5, 0.6) is 0 Å². The maximum absolute atomic E-state index is 11.7. The van der Waals surface area contributed by atoms with Crippen LogP contribution in [0.25, 0.3) is 0 Å². The third kappa shape index (κ3) is 3.14. The summed E-state index contributed by atoms with van der Waals surface area (Å²) in [4.78, 5) is 11.7. The summed E-state index contributed by atoms with van der Waals surface area (Å²) in [6.45, 7) is 1.24. The second kappa shape index (κ2) is 5.94. The number of Topliss-reactive ketones (excluding diaryl/α,β-unsaturated/α-hetero) is 1. The summed E-state index contributed by atoms with van der Waals surface area (Å²) in [6.07, 6.45) is 1.63. The molecular formula is C14H18O3. The molecule has 0 amide bonds. The van der Waals surface area contributed by atoms with Crippen molar-refractivity contribution >= 4 is 5.78 Å². The minimum atomic E-state index is 0.181. The first-order valence-corrected chi connectivity index (χ1v) is 5.97. The quantitative estimate of drug-likeness (QED) is 0.676. The molecule has 17 heavy (non-hydrogen) atoms. The molecule has 0 radical (unpaired) electrons. The lowest BCUT2D eigenvalue weighted by molar-refractivity contribution is -0.124. The van der Waals surface area contributed by atoms with Crippen molar-refractivity contribution in [2.75, 3.05) is 26.9 Å². The summed E-state index contributed by atoms with van der Waals surface area (Å²) in [5.74, 6) is 0.588. The van der Waals surface area contributed by atoms with Crippen molar-refractivity contribution in [2.45, 2.75) is 18.8 Å². The van der Waals surface area contributed by atoms with Gasteiger partial charge in [-0.05, 0) is 23.5 Å². The normalized spacial score (nSPS) is 17.4. The Morgan fingerprint density at radius 3 is 2.94 bits per heavy atom. The molecule has 0 spiro atoms. The Morgan fingerprint density at radius 2 is 2.18 bits per heavy atom. The van der Waals surface area contributed by atoms with Gasteiger partial charge in [-0.2, -0.15) is 0 Å². The van der Waals surface area contributed by atoms with Crippen LogP contribution in [0.15, 0.2) is 24.3 Å². The number of ether oxygens (including phenoxy) is 2. The number of hydrogen-bond donors (Lipinski definition) is 0. The van der Waals surface area contributed by atoms with E-state index >= 15 is 0 Å². The first kappa shape index (κ1) is 12.3. The number of fused-ring (bicyclic) bond motifs is 1. The standard InChI is InChI=1S/C14H18O3/c1-16-6-7-17-10-13(15)9-12-8-11-4-2-3-5-14(11)12/h2-5,12H,6-10H2,1H3. The SMILES string of the molecule is COCCOCC(=O)CC1Cc2ccccc21. The van der Waals surface area contributed by atoms with E-state index in [1.165, 1.54) is 11.1 Å². The van der Waals surface area contributed by atoms with Crippen LogP contribution < -0.4 is 0 Å². The minimum absolute atomic E-state index is 0.181. The second-order valence-corrected chi connectivity index (χ2v) is 4.39. The summed E-state index contributed by atoms with van der Waals surface area (Å²) in [5, 5.41) is 0. The number of ketones is 1. The van der Waals surface area contributed by atoms with Gasteiger partial charge in [-0.25, -0.2) is 0 Å². The summed E-state index contributed by atoms with van der Waals surface area (Å²) in [5.41, 5.74) is 2.71. The Kier molecular flexibility index (Phi) is 4.29. The maximum Gasteiger partial charge on any atom is 0.159 e. The molecule has 0 N–H and O–H groups in total. The van der Waals surface area contributed by atoms with Crippen molar-refractivity contribution in [3.05, 3.63) is 35.4 Å². The molecule has 3 heteroatoms. The molecule has 1 aromatic rings. The molecule has 0 saturated carbocycles. The van der Waals surface area contributed by atoms with E-state index in [0.29, 0.717) is 25.6 Å². The molecule has 0 heterocycles. The molecule has 0 fully saturated rings. The lowest BCUT2D eigenvalue weighted by Crippen LogP contribution is -2.22. The summed E-state index contributed by atoms with van der Waals surface area (Å²) >= 11 is 0. The Morgan fingerprint density at radius 1 is 1.35 bits per heavy atom. The number of rotatable bonds is 7. The predicted molar refractivity (Wildman–Crippen MR) is 65.2 cm³/mol. The highest BCUT2D eigenvalue weighted by Gasteiger charge is 2.27. The molecule has 1 aliphatic rings. The highest BCUT2D eigenvalue weighted by Crippen LogP contribution is 2.37. The number of carbonyl (C=O) groups excluding carboxylic acids is 1. The fourth-order valence-corrected chi connectivity index (χ4v) is 2.21. The topological polar surface area (TPSA) is 35.5 Å². The van der Waals surface area contributed by atoms with E-state index in [1.807, 2.05) is 12.1 Å². The van der Waals surface area contributed by atoms with Gasteiger partial charge in [0.1, 0.15) is 6.61 Å². The van der Waals surface area contributed by atoms with E-state index in [2.05, 4.69) is 12.1 Å². The monoisotopic (exact) mass is 234 g/mol. The van der Waals surface area contributed by atoms with Gasteiger partial charge in [-0.15, -0.1) is 0 Å². The molecule has 2 rings (SSSR count). The highest BCUT2D eigenvalue weighted by atomic mass is 16.5. The fourth-order valence-electron chi connectivity index (χ4n) is 2.21. The van der Waals surface area contributed by atoms with E-state index in [4.69, 9.17) is 9.47 Å². The lowest BCUT2D eigenvalue weighted by atomic mass is 9.75. The first-order chi connectivity index (χ1) is 8.31. The fraction of sp³-hybridized carbons (Fsp3) is 0.500. The smallest absolute Gasteiger partial charge is 0.159 e. The van der Waals surface area contributed by atoms with Crippen LogP contribution in [-0.2, 0) is 20.7 Å². The number of carbonyl (C=O) groups is 1. The Labute approximate surface area is 102 Å². The van der Waals surface area contributed by atoms with Crippen molar-refractivity contribution in [3.8, 4) is 0 Å². The van der Waals surface area contributed by atoms with E-state index in [0.717, 1.165) is 6.42 Å². The van der Waals surface area contributed by atoms with E-state index in [-0.39, 0.29) is 12.4 Å². The van der Waals surface area contributed by atoms with Crippen LogP contribution in [0.3, 0.4) is 0 Å². The largest absolute Gasteiger partial charge is 0.382 e. The average molecular weight is 234 g/mol. The summed E-state index contributed by atoms with van der Waals surface area (Å²) < 4.78 is 10.1. The van der Waals surface area contributed by atoms with E-state index in [9.17, 15) is 4.79 Å². The van der Waals surface area contributed by atoms with Gasteiger partial charge in [0.2, 0.25) is 0 Å². The number of methoxy groups -OCH3 is 1. The molecule has 3 nitrogen and oxygen atoms in total. The minimum Gasteiger partial charge on any atom is -0.382 e. The Hall–Kier alpha value is -1.19. The molecular weight excluding hydrogens is 216 g/mol. The second-order valence-electron chi connectivity index (χ2n) is 4.39. The zero-order valence-electron chi connectivity index (χ0n) is 10.1. The van der Waals surface area contributed by atoms with Crippen LogP contribution in [0, 0.1) is 0 Å². The first-order valence-electron chi connectivity index (χ1n) is 5.97. The zero-order chi connectivity index (χ0) is 12.1. The highest BCUT2D eigenvalue weighted by molar-refractivity contribution is 5.81. The van der Waals surface area contributed by atoms with Crippen molar-refractivity contribution in [2.24, 2.45) is 0 Å². The van der Waals surface area contributed by atoms with Crippen LogP contribution in [-0.4, -0.2) is 32.7 Å². The number of benzene rings is 1. The van der Waals surface area contributed by atoms with Crippen LogP contribution in [0.2, 0.25) is 0 Å². The van der Waals surface area contributed by atoms with Crippen molar-refractivity contribution < 1.29 is 14.3 Å². The lowest BCUT2D eigenvalue weighted by Gasteiger charge is -2.29. The van der Waals surface area contributed by atoms with Gasteiger partial charge in [0.25, 0.3) is 0 Å². The number of hydrogen-bond acceptors (Lipinski definition) is 3. The summed E-state index contributed by atoms with van der Waals surface area (Å²) in [6, 6.07) is 8.32.